The Hall–Kier alpha value is -0.140. The van der Waals surface area contributed by atoms with E-state index >= 15 is 0 Å². The molecule has 0 bridgehead atoms. The molecule has 2 heterocycles. The van der Waals surface area contributed by atoms with E-state index in [9.17, 15) is 4.79 Å². The van der Waals surface area contributed by atoms with Gasteiger partial charge >= 0.3 is 0 Å². The Morgan fingerprint density at radius 3 is 2.88 bits per heavy atom. The van der Waals surface area contributed by atoms with Gasteiger partial charge in [-0.2, -0.15) is 0 Å². The first-order chi connectivity index (χ1) is 8.09. The second kappa shape index (κ2) is 5.67. The van der Waals surface area contributed by atoms with Crippen LogP contribution in [0.4, 0.5) is 0 Å². The summed E-state index contributed by atoms with van der Waals surface area (Å²) in [6.45, 7) is 5.15. The minimum Gasteiger partial charge on any atom is -0.351 e. The van der Waals surface area contributed by atoms with Gasteiger partial charge in [0.1, 0.15) is 0 Å². The van der Waals surface area contributed by atoms with Crippen LogP contribution in [0.2, 0.25) is 0 Å². The van der Waals surface area contributed by atoms with Gasteiger partial charge in [0.25, 0.3) is 5.91 Å². The summed E-state index contributed by atoms with van der Waals surface area (Å²) < 4.78 is 1.15. The maximum atomic E-state index is 11.9. The van der Waals surface area contributed by atoms with Gasteiger partial charge in [-0.05, 0) is 60.0 Å². The Balaban J connectivity index is 1.87. The zero-order chi connectivity index (χ0) is 12.3. The van der Waals surface area contributed by atoms with E-state index in [0.29, 0.717) is 0 Å². The molecule has 1 aromatic rings. The lowest BCUT2D eigenvalue weighted by Crippen LogP contribution is -2.42. The number of piperidine rings is 1. The van der Waals surface area contributed by atoms with Gasteiger partial charge < -0.3 is 10.6 Å². The van der Waals surface area contributed by atoms with Crippen LogP contribution in [0.25, 0.3) is 0 Å². The predicted molar refractivity (Wildman–Crippen MR) is 79.6 cm³/mol. The van der Waals surface area contributed by atoms with Gasteiger partial charge in [-0.3, -0.25) is 4.79 Å². The molecule has 1 aliphatic heterocycles. The number of rotatable bonds is 3. The molecule has 17 heavy (non-hydrogen) atoms. The maximum absolute atomic E-state index is 11.9. The molecule has 2 N–H and O–H groups in total. The van der Waals surface area contributed by atoms with Gasteiger partial charge in [0.05, 0.1) is 8.45 Å². The minimum atomic E-state index is 0.0592. The lowest BCUT2D eigenvalue weighted by atomic mass is 9.81. The fraction of sp³-hybridized carbons (Fsp3) is 0.583. The van der Waals surface area contributed by atoms with E-state index in [4.69, 9.17) is 0 Å². The molecule has 1 fully saturated rings. The monoisotopic (exact) mass is 364 g/mol. The van der Waals surface area contributed by atoms with Crippen molar-refractivity contribution >= 4 is 39.8 Å². The zero-order valence-electron chi connectivity index (χ0n) is 9.88. The van der Waals surface area contributed by atoms with Crippen molar-refractivity contribution in [3.63, 3.8) is 0 Å². The third-order valence-electron chi connectivity index (χ3n) is 3.32. The van der Waals surface area contributed by atoms with Gasteiger partial charge in [-0.25, -0.2) is 0 Å². The summed E-state index contributed by atoms with van der Waals surface area (Å²) >= 11 is 3.85. The van der Waals surface area contributed by atoms with Gasteiger partial charge in [-0.1, -0.05) is 6.92 Å². The van der Waals surface area contributed by atoms with Gasteiger partial charge in [0.15, 0.2) is 0 Å². The minimum absolute atomic E-state index is 0.0592. The van der Waals surface area contributed by atoms with E-state index in [0.717, 1.165) is 40.9 Å². The highest BCUT2D eigenvalue weighted by Gasteiger charge is 2.27. The van der Waals surface area contributed by atoms with E-state index < -0.39 is 0 Å². The largest absolute Gasteiger partial charge is 0.351 e. The molecule has 5 heteroatoms. The predicted octanol–water partition coefficient (Wildman–Crippen LogP) is 2.47. The van der Waals surface area contributed by atoms with E-state index in [1.165, 1.54) is 0 Å². The molecule has 0 saturated carbocycles. The molecule has 2 rings (SSSR count). The summed E-state index contributed by atoms with van der Waals surface area (Å²) in [5, 5.41) is 8.33. The average Bonchev–Trinajstić information content (AvgIpc) is 2.74. The molecular weight excluding hydrogens is 347 g/mol. The van der Waals surface area contributed by atoms with Crippen LogP contribution in [-0.4, -0.2) is 25.5 Å². The average molecular weight is 364 g/mol. The van der Waals surface area contributed by atoms with Crippen molar-refractivity contribution < 1.29 is 4.79 Å². The second-order valence-corrected chi connectivity index (χ2v) is 7.69. The Bertz CT molecular complexity index is 399. The van der Waals surface area contributed by atoms with Crippen LogP contribution in [0.15, 0.2) is 11.4 Å². The normalized spacial score (nSPS) is 18.9. The summed E-state index contributed by atoms with van der Waals surface area (Å²) in [5.41, 5.74) is 1.04. The molecule has 0 unspecified atom stereocenters. The molecule has 0 spiro atoms. The lowest BCUT2D eigenvalue weighted by molar-refractivity contribution is 0.0922. The van der Waals surface area contributed by atoms with E-state index in [2.05, 4.69) is 40.1 Å². The summed E-state index contributed by atoms with van der Waals surface area (Å²) in [6, 6.07) is 1.94. The standard InChI is InChI=1S/C12H17IN2OS/c1-12(2-4-14-5-3-12)8-15-11(16)9-6-10(13)17-7-9/h6-7,14H,2-5,8H2,1H3,(H,15,16). The molecule has 0 aromatic carbocycles. The number of amides is 1. The van der Waals surface area contributed by atoms with Crippen molar-refractivity contribution in [2.45, 2.75) is 19.8 Å². The number of nitrogens with one attached hydrogen (secondary N) is 2. The van der Waals surface area contributed by atoms with Crippen LogP contribution < -0.4 is 10.6 Å². The van der Waals surface area contributed by atoms with Crippen LogP contribution in [-0.2, 0) is 0 Å². The third-order valence-corrected chi connectivity index (χ3v) is 5.11. The molecule has 3 nitrogen and oxygen atoms in total. The molecule has 0 atom stereocenters. The molecule has 1 saturated heterocycles. The van der Waals surface area contributed by atoms with Crippen molar-refractivity contribution in [1.82, 2.24) is 10.6 Å². The quantitative estimate of drug-likeness (QED) is 0.810. The van der Waals surface area contributed by atoms with Crippen molar-refractivity contribution in [2.75, 3.05) is 19.6 Å². The zero-order valence-corrected chi connectivity index (χ0v) is 12.9. The number of halogens is 1. The van der Waals surface area contributed by atoms with Crippen molar-refractivity contribution in [1.29, 1.82) is 0 Å². The fourth-order valence-corrected chi connectivity index (χ4v) is 3.36. The first-order valence-electron chi connectivity index (χ1n) is 5.82. The first kappa shape index (κ1) is 13.3. The lowest BCUT2D eigenvalue weighted by Gasteiger charge is -2.34. The summed E-state index contributed by atoms with van der Waals surface area (Å²) in [6.07, 6.45) is 2.27. The van der Waals surface area contributed by atoms with Crippen molar-refractivity contribution in [3.05, 3.63) is 19.9 Å². The summed E-state index contributed by atoms with van der Waals surface area (Å²) in [4.78, 5) is 11.9. The second-order valence-electron chi connectivity index (χ2n) is 4.88. The van der Waals surface area contributed by atoms with E-state index in [1.54, 1.807) is 11.3 Å². The molecule has 0 aliphatic carbocycles. The van der Waals surface area contributed by atoms with Crippen LogP contribution in [0, 0.1) is 8.30 Å². The number of carbonyl (C=O) groups excluding carboxylic acids is 1. The molecule has 1 amide bonds. The summed E-state index contributed by atoms with van der Waals surface area (Å²) in [7, 11) is 0. The highest BCUT2D eigenvalue weighted by Crippen LogP contribution is 2.27. The van der Waals surface area contributed by atoms with Gasteiger partial charge in [-0.15, -0.1) is 11.3 Å². The third kappa shape index (κ3) is 3.66. The topological polar surface area (TPSA) is 41.1 Å². The molecule has 94 valence electrons. The van der Waals surface area contributed by atoms with Gasteiger partial charge in [0, 0.05) is 11.9 Å². The van der Waals surface area contributed by atoms with Crippen LogP contribution in [0.5, 0.6) is 0 Å². The fourth-order valence-electron chi connectivity index (χ4n) is 2.03. The molecule has 0 radical (unpaired) electrons. The Morgan fingerprint density at radius 1 is 1.59 bits per heavy atom. The Morgan fingerprint density at radius 2 is 2.29 bits per heavy atom. The highest BCUT2D eigenvalue weighted by atomic mass is 127. The van der Waals surface area contributed by atoms with Crippen molar-refractivity contribution in [2.24, 2.45) is 5.41 Å². The summed E-state index contributed by atoms with van der Waals surface area (Å²) in [5.74, 6) is 0.0592. The SMILES string of the molecule is CC1(CNC(=O)c2csc(I)c2)CCNCC1. The smallest absolute Gasteiger partial charge is 0.252 e. The van der Waals surface area contributed by atoms with E-state index in [-0.39, 0.29) is 11.3 Å². The first-order valence-corrected chi connectivity index (χ1v) is 7.78. The Labute approximate surface area is 120 Å². The van der Waals surface area contributed by atoms with Crippen LogP contribution in [0.1, 0.15) is 30.1 Å². The van der Waals surface area contributed by atoms with Gasteiger partial charge in [0.2, 0.25) is 0 Å². The molecule has 1 aromatic heterocycles. The number of carbonyl (C=O) groups is 1. The number of hydrogen-bond acceptors (Lipinski definition) is 3. The van der Waals surface area contributed by atoms with E-state index in [1.807, 2.05) is 11.4 Å². The number of hydrogen-bond donors (Lipinski definition) is 2. The molecular formula is C12H17IN2OS. The molecule has 1 aliphatic rings. The van der Waals surface area contributed by atoms with Crippen LogP contribution in [0.3, 0.4) is 0 Å². The highest BCUT2D eigenvalue weighted by molar-refractivity contribution is 14.1. The maximum Gasteiger partial charge on any atom is 0.252 e. The van der Waals surface area contributed by atoms with Crippen LogP contribution >= 0.6 is 33.9 Å². The van der Waals surface area contributed by atoms with Crippen molar-refractivity contribution in [3.8, 4) is 0 Å². The Kier molecular flexibility index (Phi) is 4.43. The number of thiophene rings is 1.